The van der Waals surface area contributed by atoms with Gasteiger partial charge in [-0.25, -0.2) is 4.98 Å². The molecule has 2 heterocycles. The average Bonchev–Trinajstić information content (AvgIpc) is 3.10. The molecule has 0 spiro atoms. The van der Waals surface area contributed by atoms with Crippen LogP contribution in [0, 0.1) is 20.8 Å². The predicted molar refractivity (Wildman–Crippen MR) is 138 cm³/mol. The molecule has 0 saturated carbocycles. The smallest absolute Gasteiger partial charge is 0.267 e. The van der Waals surface area contributed by atoms with E-state index >= 15 is 0 Å². The lowest BCUT2D eigenvalue weighted by molar-refractivity contribution is 0.0995. The molecule has 35 heavy (non-hydrogen) atoms. The summed E-state index contributed by atoms with van der Waals surface area (Å²) in [6, 6.07) is 9.43. The molecule has 0 aliphatic rings. The summed E-state index contributed by atoms with van der Waals surface area (Å²) in [5, 5.41) is 7.59. The van der Waals surface area contributed by atoms with E-state index in [4.69, 9.17) is 10.5 Å². The zero-order valence-corrected chi connectivity index (χ0v) is 20.6. The number of aromatic nitrogens is 3. The van der Waals surface area contributed by atoms with Crippen LogP contribution in [0.15, 0.2) is 49.1 Å². The highest BCUT2D eigenvalue weighted by Crippen LogP contribution is 2.23. The minimum Gasteiger partial charge on any atom is -0.497 e. The number of carbonyl (C=O) groups excluding carboxylic acids is 2. The summed E-state index contributed by atoms with van der Waals surface area (Å²) in [6.07, 6.45) is 6.84. The summed E-state index contributed by atoms with van der Waals surface area (Å²) in [5.74, 6) is -0.229. The third kappa shape index (κ3) is 6.03. The number of nitrogens with two attached hydrogens (primary N) is 1. The van der Waals surface area contributed by atoms with E-state index in [-0.39, 0.29) is 11.6 Å². The van der Waals surface area contributed by atoms with E-state index in [1.807, 2.05) is 30.7 Å². The fourth-order valence-electron chi connectivity index (χ4n) is 3.87. The van der Waals surface area contributed by atoms with Gasteiger partial charge in [0.25, 0.3) is 11.8 Å². The van der Waals surface area contributed by atoms with Gasteiger partial charge < -0.3 is 15.8 Å². The Morgan fingerprint density at radius 2 is 1.89 bits per heavy atom. The average molecular weight is 474 g/mol. The number of hydrogen-bond acceptors (Lipinski definition) is 5. The fraction of sp³-hybridized carbons (Fsp3) is 0.259. The quantitative estimate of drug-likeness (QED) is 0.424. The van der Waals surface area contributed by atoms with Gasteiger partial charge in [-0.1, -0.05) is 36.9 Å². The molecular formula is C27H31N5O3. The monoisotopic (exact) mass is 473 g/mol. The molecular weight excluding hydrogens is 442 g/mol. The molecule has 3 N–H and O–H groups in total. The molecule has 0 unspecified atom stereocenters. The first-order valence-corrected chi connectivity index (χ1v) is 11.3. The molecule has 3 rings (SSSR count). The molecule has 0 saturated heterocycles. The van der Waals surface area contributed by atoms with Crippen LogP contribution in [0.5, 0.6) is 5.75 Å². The zero-order valence-electron chi connectivity index (χ0n) is 20.6. The van der Waals surface area contributed by atoms with Gasteiger partial charge in [-0.2, -0.15) is 5.10 Å². The maximum Gasteiger partial charge on any atom is 0.267 e. The van der Waals surface area contributed by atoms with Crippen LogP contribution in [-0.2, 0) is 13.0 Å². The van der Waals surface area contributed by atoms with Crippen molar-refractivity contribution in [3.8, 4) is 5.75 Å². The molecule has 1 aromatic carbocycles. The number of rotatable bonds is 10. The Balaban J connectivity index is 1.79. The zero-order chi connectivity index (χ0) is 25.5. The van der Waals surface area contributed by atoms with Crippen molar-refractivity contribution in [3.63, 3.8) is 0 Å². The summed E-state index contributed by atoms with van der Waals surface area (Å²) in [6.45, 7) is 9.89. The number of nitrogens with one attached hydrogen (secondary N) is 1. The number of hydrogen-bond donors (Lipinski definition) is 2. The Kier molecular flexibility index (Phi) is 8.20. The summed E-state index contributed by atoms with van der Waals surface area (Å²) < 4.78 is 7.11. The number of amides is 2. The highest BCUT2D eigenvalue weighted by molar-refractivity contribution is 6.08. The lowest BCUT2D eigenvalue weighted by Gasteiger charge is -2.12. The van der Waals surface area contributed by atoms with Gasteiger partial charge >= 0.3 is 0 Å². The van der Waals surface area contributed by atoms with Crippen molar-refractivity contribution in [3.05, 3.63) is 88.5 Å². The highest BCUT2D eigenvalue weighted by Gasteiger charge is 2.20. The number of carbonyl (C=O) groups is 2. The summed E-state index contributed by atoms with van der Waals surface area (Å²) in [5.41, 5.74) is 10.3. The minimum atomic E-state index is -0.696. The molecule has 8 heteroatoms. The van der Waals surface area contributed by atoms with E-state index in [1.165, 1.54) is 11.6 Å². The Bertz CT molecular complexity index is 1270. The molecule has 0 bridgehead atoms. The molecule has 0 aliphatic carbocycles. The second-order valence-electron chi connectivity index (χ2n) is 8.19. The van der Waals surface area contributed by atoms with Crippen molar-refractivity contribution in [2.45, 2.75) is 40.2 Å². The lowest BCUT2D eigenvalue weighted by atomic mass is 10.0. The first-order valence-electron chi connectivity index (χ1n) is 11.3. The summed E-state index contributed by atoms with van der Waals surface area (Å²) in [4.78, 5) is 29.2. The molecule has 0 aliphatic heterocycles. The first-order chi connectivity index (χ1) is 16.7. The number of methoxy groups -OCH3 is 1. The largest absolute Gasteiger partial charge is 0.497 e. The van der Waals surface area contributed by atoms with Crippen LogP contribution in [0.2, 0.25) is 0 Å². The van der Waals surface area contributed by atoms with Gasteiger partial charge in [0.1, 0.15) is 11.4 Å². The number of benzene rings is 1. The third-order valence-electron chi connectivity index (χ3n) is 5.76. The van der Waals surface area contributed by atoms with Crippen molar-refractivity contribution in [1.29, 1.82) is 0 Å². The molecule has 2 aromatic heterocycles. The van der Waals surface area contributed by atoms with Crippen LogP contribution in [0.1, 0.15) is 55.5 Å². The van der Waals surface area contributed by atoms with E-state index in [0.717, 1.165) is 24.3 Å². The number of pyridine rings is 1. The van der Waals surface area contributed by atoms with Gasteiger partial charge in [-0.05, 0) is 57.4 Å². The second kappa shape index (κ2) is 11.3. The number of allylic oxidation sites excluding steroid dienone is 2. The highest BCUT2D eigenvalue weighted by atomic mass is 16.5. The van der Waals surface area contributed by atoms with Crippen molar-refractivity contribution in [2.75, 3.05) is 12.4 Å². The number of primary amides is 1. The Morgan fingerprint density at radius 3 is 2.51 bits per heavy atom. The van der Waals surface area contributed by atoms with E-state index in [1.54, 1.807) is 32.3 Å². The Labute approximate surface area is 205 Å². The molecule has 182 valence electrons. The maximum atomic E-state index is 13.3. The van der Waals surface area contributed by atoms with Gasteiger partial charge in [-0.3, -0.25) is 14.3 Å². The summed E-state index contributed by atoms with van der Waals surface area (Å²) >= 11 is 0. The topological polar surface area (TPSA) is 112 Å². The van der Waals surface area contributed by atoms with Gasteiger partial charge in [0.15, 0.2) is 0 Å². The van der Waals surface area contributed by atoms with E-state index in [0.29, 0.717) is 34.7 Å². The lowest BCUT2D eigenvalue weighted by Crippen LogP contribution is -2.20. The van der Waals surface area contributed by atoms with Crippen LogP contribution >= 0.6 is 0 Å². The number of aryl methyl sites for hydroxylation is 4. The van der Waals surface area contributed by atoms with Crippen molar-refractivity contribution >= 4 is 23.6 Å². The van der Waals surface area contributed by atoms with E-state index in [9.17, 15) is 9.59 Å². The molecule has 0 radical (unpaired) electrons. The third-order valence-corrected chi connectivity index (χ3v) is 5.76. The summed E-state index contributed by atoms with van der Waals surface area (Å²) in [7, 11) is 1.65. The van der Waals surface area contributed by atoms with Gasteiger partial charge in [0, 0.05) is 17.8 Å². The van der Waals surface area contributed by atoms with E-state index < -0.39 is 5.91 Å². The van der Waals surface area contributed by atoms with Crippen LogP contribution < -0.4 is 15.8 Å². The Hall–Kier alpha value is -4.20. The van der Waals surface area contributed by atoms with Crippen molar-refractivity contribution in [1.82, 2.24) is 14.8 Å². The minimum absolute atomic E-state index is 0.0334. The molecule has 0 fully saturated rings. The van der Waals surface area contributed by atoms with Gasteiger partial charge in [0.2, 0.25) is 0 Å². The van der Waals surface area contributed by atoms with Crippen LogP contribution in [0.25, 0.3) is 6.08 Å². The normalized spacial score (nSPS) is 11.0. The molecule has 2 amide bonds. The standard InChI is InChI=1S/C27H31N5O3/c1-6-7-10-22-17(2)29-24(26(28)33)16-23(22)27(34)30-25-18(3)31-32(19(25)4)15-8-9-20-11-13-21(35-5)14-12-20/h6-7,10-14,16H,1,8-9,15H2,2-5H3,(H2,28,33)(H,30,34)/b10-7-. The van der Waals surface area contributed by atoms with Crippen molar-refractivity contribution < 1.29 is 14.3 Å². The Morgan fingerprint density at radius 1 is 1.17 bits per heavy atom. The van der Waals surface area contributed by atoms with Crippen LogP contribution in [-0.4, -0.2) is 33.7 Å². The van der Waals surface area contributed by atoms with Crippen LogP contribution in [0.3, 0.4) is 0 Å². The number of nitrogens with zero attached hydrogens (tertiary/aromatic N) is 3. The number of ether oxygens (including phenoxy) is 1. The van der Waals surface area contributed by atoms with Crippen LogP contribution in [0.4, 0.5) is 5.69 Å². The van der Waals surface area contributed by atoms with Gasteiger partial charge in [0.05, 0.1) is 29.7 Å². The maximum absolute atomic E-state index is 13.3. The molecule has 0 atom stereocenters. The van der Waals surface area contributed by atoms with E-state index in [2.05, 4.69) is 34.1 Å². The van der Waals surface area contributed by atoms with Gasteiger partial charge in [-0.15, -0.1) is 0 Å². The predicted octanol–water partition coefficient (Wildman–Crippen LogP) is 4.40. The SMILES string of the molecule is C=C/C=C\c1c(C(=O)Nc2c(C)nn(CCCc3ccc(OC)cc3)c2C)cc(C(N)=O)nc1C. The number of anilines is 1. The second-order valence-corrected chi connectivity index (χ2v) is 8.19. The first kappa shape index (κ1) is 25.4. The molecule has 3 aromatic rings. The molecule has 8 nitrogen and oxygen atoms in total. The van der Waals surface area contributed by atoms with Crippen molar-refractivity contribution in [2.24, 2.45) is 5.73 Å². The fourth-order valence-corrected chi connectivity index (χ4v) is 3.87.